The summed E-state index contributed by atoms with van der Waals surface area (Å²) in [4.78, 5) is 15.1. The Morgan fingerprint density at radius 2 is 2.00 bits per heavy atom. The summed E-state index contributed by atoms with van der Waals surface area (Å²) >= 11 is 0. The summed E-state index contributed by atoms with van der Waals surface area (Å²) < 4.78 is 55.0. The first-order valence-electron chi connectivity index (χ1n) is 11.9. The van der Waals surface area contributed by atoms with Crippen molar-refractivity contribution in [1.29, 1.82) is 0 Å². The number of anilines is 1. The lowest BCUT2D eigenvalue weighted by Gasteiger charge is -2.21. The number of hydrogen-bond donors (Lipinski definition) is 1. The lowest BCUT2D eigenvalue weighted by Crippen LogP contribution is -2.27. The van der Waals surface area contributed by atoms with Crippen LogP contribution in [0.5, 0.6) is 17.6 Å². The normalized spacial score (nSPS) is 12.9. The molecule has 1 aliphatic rings. The molecule has 0 aliphatic carbocycles. The Hall–Kier alpha value is -4.26. The second-order valence-electron chi connectivity index (χ2n) is 8.46. The molecule has 0 unspecified atom stereocenters. The van der Waals surface area contributed by atoms with Crippen LogP contribution in [0.25, 0.3) is 32.9 Å². The summed E-state index contributed by atoms with van der Waals surface area (Å²) in [5.41, 5.74) is -0.327. The van der Waals surface area contributed by atoms with Crippen LogP contribution in [0, 0.1) is 24.0 Å². The molecule has 0 spiro atoms. The summed E-state index contributed by atoms with van der Waals surface area (Å²) in [5.74, 6) is 1.14. The Bertz CT molecular complexity index is 1550. The highest BCUT2D eigenvalue weighted by Crippen LogP contribution is 2.42. The first-order valence-corrected chi connectivity index (χ1v) is 11.9. The molecule has 5 rings (SSSR count). The summed E-state index contributed by atoms with van der Waals surface area (Å²) in [6.07, 6.45) is 6.36. The van der Waals surface area contributed by atoms with Crippen LogP contribution >= 0.6 is 0 Å². The number of unbranched alkanes of at least 4 members (excludes halogenated alkanes) is 1. The molecule has 10 heteroatoms. The number of aromatic nitrogens is 3. The number of likely N-dealkylation sites (N-methyl/N-ethyl adjacent to an activating group) is 1. The molecule has 3 heterocycles. The Morgan fingerprint density at radius 3 is 2.76 bits per heavy atom. The molecule has 0 radical (unpaired) electrons. The molecular formula is C27H23F3N4O3. The summed E-state index contributed by atoms with van der Waals surface area (Å²) in [5, 5.41) is 11.3. The van der Waals surface area contributed by atoms with E-state index in [1.807, 2.05) is 11.8 Å². The second kappa shape index (κ2) is 10.0. The minimum atomic E-state index is -0.836. The molecule has 4 aromatic rings. The first-order chi connectivity index (χ1) is 18.0. The van der Waals surface area contributed by atoms with Gasteiger partial charge >= 0.3 is 6.01 Å². The monoisotopic (exact) mass is 508 g/mol. The molecule has 0 bridgehead atoms. The predicted octanol–water partition coefficient (Wildman–Crippen LogP) is 5.16. The van der Waals surface area contributed by atoms with E-state index in [4.69, 9.17) is 15.9 Å². The Balaban J connectivity index is 1.80. The molecule has 2 aromatic carbocycles. The maximum Gasteiger partial charge on any atom is 0.319 e. The molecule has 1 aliphatic heterocycles. The van der Waals surface area contributed by atoms with E-state index in [0.717, 1.165) is 0 Å². The number of hydrogen-bond acceptors (Lipinski definition) is 7. The van der Waals surface area contributed by atoms with Crippen LogP contribution < -0.4 is 14.4 Å². The van der Waals surface area contributed by atoms with E-state index in [9.17, 15) is 13.9 Å². The van der Waals surface area contributed by atoms with Gasteiger partial charge in [-0.25, -0.2) is 13.8 Å². The van der Waals surface area contributed by atoms with E-state index < -0.39 is 18.3 Å². The van der Waals surface area contributed by atoms with Crippen molar-refractivity contribution in [2.24, 2.45) is 0 Å². The zero-order valence-corrected chi connectivity index (χ0v) is 20.0. The SMILES string of the molecule is C#Cc1c(F)ccc2cc(O)cc(-c3nc4c5c(nc(OCCCCF)nc5c3F)N(CC)CCO4)c12. The van der Waals surface area contributed by atoms with Gasteiger partial charge in [-0.3, -0.25) is 4.39 Å². The minimum Gasteiger partial charge on any atom is -0.508 e. The standard InChI is InChI=1S/C27H23F3N4O3/c1-3-17-19(29)8-7-15-13-16(35)14-18(20(15)17)23-22(30)24-21-25(33-27(32-24)37-11-6-5-9-28)34(4-2)10-12-36-26(21)31-23/h1,7-8,13-14,35H,4-6,9-12H2,2H3. The lowest BCUT2D eigenvalue weighted by atomic mass is 9.95. The van der Waals surface area contributed by atoms with Gasteiger partial charge in [0.1, 0.15) is 40.6 Å². The third kappa shape index (κ3) is 4.31. The molecule has 0 saturated carbocycles. The molecule has 0 atom stereocenters. The number of phenolic OH excluding ortho intramolecular Hbond substituents is 1. The van der Waals surface area contributed by atoms with E-state index >= 15 is 4.39 Å². The minimum absolute atomic E-state index is 0.0696. The number of pyridine rings is 1. The zero-order valence-electron chi connectivity index (χ0n) is 20.0. The van der Waals surface area contributed by atoms with Crippen LogP contribution in [0.15, 0.2) is 24.3 Å². The lowest BCUT2D eigenvalue weighted by molar-refractivity contribution is 0.277. The number of nitrogens with zero attached hydrogens (tertiary/aromatic N) is 4. The van der Waals surface area contributed by atoms with Gasteiger partial charge in [0.25, 0.3) is 0 Å². The number of fused-ring (bicyclic) bond motifs is 1. The van der Waals surface area contributed by atoms with Gasteiger partial charge < -0.3 is 19.5 Å². The fourth-order valence-corrected chi connectivity index (χ4v) is 4.46. The van der Waals surface area contributed by atoms with Gasteiger partial charge in [0.2, 0.25) is 5.88 Å². The van der Waals surface area contributed by atoms with E-state index in [2.05, 4.69) is 20.9 Å². The molecular weight excluding hydrogens is 485 g/mol. The highest BCUT2D eigenvalue weighted by atomic mass is 19.1. The molecule has 37 heavy (non-hydrogen) atoms. The Labute approximate surface area is 210 Å². The van der Waals surface area contributed by atoms with Crippen molar-refractivity contribution in [2.75, 3.05) is 37.9 Å². The summed E-state index contributed by atoms with van der Waals surface area (Å²) in [7, 11) is 0. The highest BCUT2D eigenvalue weighted by Gasteiger charge is 2.28. The van der Waals surface area contributed by atoms with E-state index in [1.54, 1.807) is 0 Å². The Morgan fingerprint density at radius 1 is 1.16 bits per heavy atom. The van der Waals surface area contributed by atoms with Gasteiger partial charge in [-0.2, -0.15) is 9.97 Å². The van der Waals surface area contributed by atoms with Crippen molar-refractivity contribution in [3.8, 4) is 41.2 Å². The maximum atomic E-state index is 16.3. The van der Waals surface area contributed by atoms with Gasteiger partial charge in [-0.1, -0.05) is 12.0 Å². The molecule has 190 valence electrons. The van der Waals surface area contributed by atoms with Crippen LogP contribution in [0.2, 0.25) is 0 Å². The summed E-state index contributed by atoms with van der Waals surface area (Å²) in [6.45, 7) is 2.87. The highest BCUT2D eigenvalue weighted by molar-refractivity contribution is 6.04. The number of alkyl halides is 1. The molecule has 0 saturated heterocycles. The maximum absolute atomic E-state index is 16.3. The zero-order chi connectivity index (χ0) is 26.1. The molecule has 1 N–H and O–H groups in total. The molecule has 0 amide bonds. The number of ether oxygens (including phenoxy) is 2. The van der Waals surface area contributed by atoms with Crippen LogP contribution in [0.4, 0.5) is 19.0 Å². The van der Waals surface area contributed by atoms with Gasteiger partial charge in [0, 0.05) is 17.5 Å². The summed E-state index contributed by atoms with van der Waals surface area (Å²) in [6, 6.07) is 5.25. The van der Waals surface area contributed by atoms with Crippen molar-refractivity contribution >= 4 is 27.5 Å². The quantitative estimate of drug-likeness (QED) is 0.273. The fourth-order valence-electron chi connectivity index (χ4n) is 4.46. The number of terminal acetylenes is 1. The van der Waals surface area contributed by atoms with Crippen LogP contribution in [-0.4, -0.2) is 53.0 Å². The van der Waals surface area contributed by atoms with Crippen molar-refractivity contribution < 1.29 is 27.8 Å². The second-order valence-corrected chi connectivity index (χ2v) is 8.46. The van der Waals surface area contributed by atoms with Gasteiger partial charge in [0.15, 0.2) is 5.82 Å². The smallest absolute Gasteiger partial charge is 0.319 e. The number of rotatable bonds is 7. The van der Waals surface area contributed by atoms with Gasteiger partial charge in [-0.15, -0.1) is 6.42 Å². The van der Waals surface area contributed by atoms with Crippen LogP contribution in [-0.2, 0) is 0 Å². The van der Waals surface area contributed by atoms with Gasteiger partial charge in [0.05, 0.1) is 25.4 Å². The predicted molar refractivity (Wildman–Crippen MR) is 134 cm³/mol. The average molecular weight is 509 g/mol. The van der Waals surface area contributed by atoms with E-state index in [-0.39, 0.29) is 64.0 Å². The Kier molecular flexibility index (Phi) is 6.61. The number of benzene rings is 2. The van der Waals surface area contributed by atoms with Crippen molar-refractivity contribution in [1.82, 2.24) is 15.0 Å². The van der Waals surface area contributed by atoms with Crippen LogP contribution in [0.3, 0.4) is 0 Å². The first kappa shape index (κ1) is 24.4. The third-order valence-electron chi connectivity index (χ3n) is 6.20. The van der Waals surface area contributed by atoms with Crippen LogP contribution in [0.1, 0.15) is 25.3 Å². The number of aromatic hydroxyl groups is 1. The molecule has 2 aromatic heterocycles. The largest absolute Gasteiger partial charge is 0.508 e. The fraction of sp³-hybridized carbons (Fsp3) is 0.296. The topological polar surface area (TPSA) is 80.6 Å². The average Bonchev–Trinajstić information content (AvgIpc) is 3.07. The van der Waals surface area contributed by atoms with Crippen molar-refractivity contribution in [2.45, 2.75) is 19.8 Å². The number of phenols is 1. The van der Waals surface area contributed by atoms with Gasteiger partial charge in [-0.05, 0) is 43.4 Å². The van der Waals surface area contributed by atoms with E-state index in [0.29, 0.717) is 37.1 Å². The molecule has 7 nitrogen and oxygen atoms in total. The molecule has 0 fully saturated rings. The van der Waals surface area contributed by atoms with E-state index in [1.165, 1.54) is 24.3 Å². The van der Waals surface area contributed by atoms with Crippen molar-refractivity contribution in [3.05, 3.63) is 41.5 Å². The number of halogens is 3. The van der Waals surface area contributed by atoms with Crippen molar-refractivity contribution in [3.63, 3.8) is 0 Å². The third-order valence-corrected chi connectivity index (χ3v) is 6.20.